The van der Waals surface area contributed by atoms with Crippen LogP contribution in [0.15, 0.2) is 30.5 Å². The highest BCUT2D eigenvalue weighted by Gasteiger charge is 2.08. The average molecular weight is 242 g/mol. The van der Waals surface area contributed by atoms with Gasteiger partial charge in [-0.05, 0) is 30.7 Å². The van der Waals surface area contributed by atoms with Crippen molar-refractivity contribution in [2.45, 2.75) is 6.92 Å². The Bertz CT molecular complexity index is 631. The topological polar surface area (TPSA) is 74.7 Å². The van der Waals surface area contributed by atoms with Crippen molar-refractivity contribution in [3.63, 3.8) is 0 Å². The second-order valence-electron chi connectivity index (χ2n) is 3.82. The number of anilines is 3. The lowest BCUT2D eigenvalue weighted by Crippen LogP contribution is -2.02. The number of nitrogens with one attached hydrogen (secondary N) is 1. The Hall–Kier alpha value is -2.61. The highest BCUT2D eigenvalue weighted by atomic mass is 19.1. The van der Waals surface area contributed by atoms with Crippen LogP contribution >= 0.6 is 0 Å². The minimum absolute atomic E-state index is 0.253. The zero-order valence-corrected chi connectivity index (χ0v) is 9.74. The summed E-state index contributed by atoms with van der Waals surface area (Å²) in [4.78, 5) is 4.04. The van der Waals surface area contributed by atoms with Crippen LogP contribution in [0.4, 0.5) is 21.6 Å². The molecule has 0 aliphatic heterocycles. The fraction of sp³-hybridized carbons (Fsp3) is 0.0769. The molecule has 0 saturated carbocycles. The van der Waals surface area contributed by atoms with Crippen molar-refractivity contribution in [3.8, 4) is 6.07 Å². The van der Waals surface area contributed by atoms with Gasteiger partial charge < -0.3 is 11.1 Å². The Labute approximate surface area is 104 Å². The number of nitrogens with two attached hydrogens (primary N) is 1. The Kier molecular flexibility index (Phi) is 3.11. The van der Waals surface area contributed by atoms with Crippen LogP contribution in [0.1, 0.15) is 11.1 Å². The first-order valence-electron chi connectivity index (χ1n) is 5.29. The molecule has 4 nitrogen and oxygen atoms in total. The summed E-state index contributed by atoms with van der Waals surface area (Å²) >= 11 is 0. The third kappa shape index (κ3) is 2.23. The minimum atomic E-state index is -0.349. The molecule has 18 heavy (non-hydrogen) atoms. The second-order valence-corrected chi connectivity index (χ2v) is 3.82. The van der Waals surface area contributed by atoms with E-state index in [4.69, 9.17) is 11.0 Å². The zero-order chi connectivity index (χ0) is 13.1. The summed E-state index contributed by atoms with van der Waals surface area (Å²) in [7, 11) is 0. The Morgan fingerprint density at radius 1 is 1.39 bits per heavy atom. The normalized spacial score (nSPS) is 9.83. The van der Waals surface area contributed by atoms with Gasteiger partial charge in [0, 0.05) is 11.9 Å². The predicted octanol–water partition coefficient (Wildman–Crippen LogP) is 2.73. The molecule has 5 heteroatoms. The van der Waals surface area contributed by atoms with Crippen LogP contribution in [-0.4, -0.2) is 4.98 Å². The van der Waals surface area contributed by atoms with Crippen LogP contribution in [0.2, 0.25) is 0 Å². The van der Waals surface area contributed by atoms with Gasteiger partial charge in [0.05, 0.1) is 11.3 Å². The van der Waals surface area contributed by atoms with E-state index in [1.54, 1.807) is 6.07 Å². The van der Waals surface area contributed by atoms with Gasteiger partial charge in [-0.15, -0.1) is 0 Å². The Morgan fingerprint density at radius 2 is 2.17 bits per heavy atom. The van der Waals surface area contributed by atoms with E-state index in [1.807, 2.05) is 13.0 Å². The maximum absolute atomic E-state index is 13.2. The minimum Gasteiger partial charge on any atom is -0.395 e. The molecule has 1 heterocycles. The van der Waals surface area contributed by atoms with Crippen molar-refractivity contribution in [2.75, 3.05) is 11.1 Å². The van der Waals surface area contributed by atoms with Crippen molar-refractivity contribution < 1.29 is 4.39 Å². The number of aromatic nitrogens is 1. The molecule has 0 aliphatic carbocycles. The van der Waals surface area contributed by atoms with Gasteiger partial charge in [0.25, 0.3) is 0 Å². The van der Waals surface area contributed by atoms with E-state index < -0.39 is 0 Å². The molecule has 0 spiro atoms. The van der Waals surface area contributed by atoms with Gasteiger partial charge in [0.1, 0.15) is 11.9 Å². The lowest BCUT2D eigenvalue weighted by atomic mass is 10.2. The molecule has 0 fully saturated rings. The van der Waals surface area contributed by atoms with E-state index in [9.17, 15) is 4.39 Å². The van der Waals surface area contributed by atoms with Gasteiger partial charge in [-0.2, -0.15) is 5.26 Å². The number of nitrogens with zero attached hydrogens (tertiary/aromatic N) is 2. The molecule has 0 bridgehead atoms. The van der Waals surface area contributed by atoms with Gasteiger partial charge in [-0.1, -0.05) is 6.07 Å². The van der Waals surface area contributed by atoms with E-state index >= 15 is 0 Å². The Balaban J connectivity index is 2.41. The number of nitriles is 1. The summed E-state index contributed by atoms with van der Waals surface area (Å²) in [5.41, 5.74) is 7.81. The summed E-state index contributed by atoms with van der Waals surface area (Å²) in [6.45, 7) is 1.84. The molecule has 3 N–H and O–H groups in total. The molecule has 0 radical (unpaired) electrons. The molecule has 1 aromatic carbocycles. The first-order valence-corrected chi connectivity index (χ1v) is 5.29. The number of hydrogen-bond acceptors (Lipinski definition) is 4. The molecule has 0 unspecified atom stereocenters. The van der Waals surface area contributed by atoms with E-state index in [-0.39, 0.29) is 11.5 Å². The lowest BCUT2D eigenvalue weighted by Gasteiger charge is -2.11. The van der Waals surface area contributed by atoms with Crippen LogP contribution < -0.4 is 11.1 Å². The highest BCUT2D eigenvalue weighted by Crippen LogP contribution is 2.25. The summed E-state index contributed by atoms with van der Waals surface area (Å²) in [5.74, 6) is 0.000796. The number of halogens is 1. The summed E-state index contributed by atoms with van der Waals surface area (Å²) in [5, 5.41) is 11.8. The third-order valence-electron chi connectivity index (χ3n) is 2.56. The number of pyridine rings is 1. The van der Waals surface area contributed by atoms with Crippen molar-refractivity contribution in [2.24, 2.45) is 0 Å². The molecule has 0 atom stereocenters. The number of hydrogen-bond donors (Lipinski definition) is 2. The molecule has 0 amide bonds. The third-order valence-corrected chi connectivity index (χ3v) is 2.56. The van der Waals surface area contributed by atoms with Gasteiger partial charge in [-0.25, -0.2) is 9.37 Å². The summed E-state index contributed by atoms with van der Waals surface area (Å²) < 4.78 is 13.2. The monoisotopic (exact) mass is 242 g/mol. The van der Waals surface area contributed by atoms with Crippen LogP contribution in [-0.2, 0) is 0 Å². The standard InChI is InChI=1S/C13H11FN4/c1-8-2-3-10(14)6-11(8)18-13-12(16)9(7-15)4-5-17-13/h2-6H,16H2,1H3,(H,17,18). The van der Waals surface area contributed by atoms with Crippen LogP contribution in [0.3, 0.4) is 0 Å². The molecular weight excluding hydrogens is 231 g/mol. The van der Waals surface area contributed by atoms with E-state index in [0.29, 0.717) is 17.1 Å². The maximum atomic E-state index is 13.2. The van der Waals surface area contributed by atoms with E-state index in [2.05, 4.69) is 10.3 Å². The van der Waals surface area contributed by atoms with Crippen molar-refractivity contribution in [1.29, 1.82) is 5.26 Å². The molecule has 2 aromatic rings. The summed E-state index contributed by atoms with van der Waals surface area (Å²) in [6, 6.07) is 7.88. The first kappa shape index (κ1) is 11.9. The van der Waals surface area contributed by atoms with Gasteiger partial charge >= 0.3 is 0 Å². The van der Waals surface area contributed by atoms with Gasteiger partial charge in [-0.3, -0.25) is 0 Å². The number of nitrogen functional groups attached to an aromatic ring is 1. The number of rotatable bonds is 2. The fourth-order valence-corrected chi connectivity index (χ4v) is 1.53. The number of aryl methyl sites for hydroxylation is 1. The predicted molar refractivity (Wildman–Crippen MR) is 67.8 cm³/mol. The molecule has 90 valence electrons. The lowest BCUT2D eigenvalue weighted by molar-refractivity contribution is 0.628. The smallest absolute Gasteiger partial charge is 0.154 e. The SMILES string of the molecule is Cc1ccc(F)cc1Nc1nccc(C#N)c1N. The molecule has 2 rings (SSSR count). The second kappa shape index (κ2) is 4.72. The van der Waals surface area contributed by atoms with E-state index in [0.717, 1.165) is 5.56 Å². The van der Waals surface area contributed by atoms with Gasteiger partial charge in [0.15, 0.2) is 5.82 Å². The quantitative estimate of drug-likeness (QED) is 0.849. The number of benzene rings is 1. The largest absolute Gasteiger partial charge is 0.395 e. The fourth-order valence-electron chi connectivity index (χ4n) is 1.53. The van der Waals surface area contributed by atoms with Crippen LogP contribution in [0.25, 0.3) is 0 Å². The molecule has 0 aliphatic rings. The summed E-state index contributed by atoms with van der Waals surface area (Å²) in [6.07, 6.45) is 1.48. The zero-order valence-electron chi connectivity index (χ0n) is 9.74. The Morgan fingerprint density at radius 3 is 2.89 bits per heavy atom. The van der Waals surface area contributed by atoms with Crippen molar-refractivity contribution in [3.05, 3.63) is 47.4 Å². The molecule has 0 saturated heterocycles. The molecule has 1 aromatic heterocycles. The average Bonchev–Trinajstić information content (AvgIpc) is 2.36. The van der Waals surface area contributed by atoms with Crippen molar-refractivity contribution in [1.82, 2.24) is 4.98 Å². The van der Waals surface area contributed by atoms with E-state index in [1.165, 1.54) is 24.4 Å². The van der Waals surface area contributed by atoms with Crippen LogP contribution in [0, 0.1) is 24.1 Å². The molecular formula is C13H11FN4. The highest BCUT2D eigenvalue weighted by molar-refractivity contribution is 5.74. The van der Waals surface area contributed by atoms with Crippen molar-refractivity contribution >= 4 is 17.2 Å². The van der Waals surface area contributed by atoms with Crippen LogP contribution in [0.5, 0.6) is 0 Å². The van der Waals surface area contributed by atoms with Gasteiger partial charge in [0.2, 0.25) is 0 Å². The maximum Gasteiger partial charge on any atom is 0.154 e. The first-order chi connectivity index (χ1) is 8.61.